The second kappa shape index (κ2) is 6.91. The van der Waals surface area contributed by atoms with E-state index in [0.717, 1.165) is 6.04 Å². The lowest BCUT2D eigenvalue weighted by molar-refractivity contribution is 0.111. The van der Waals surface area contributed by atoms with Crippen molar-refractivity contribution < 1.29 is 0 Å². The smallest absolute Gasteiger partial charge is 0.0195 e. The minimum atomic E-state index is 0.673. The summed E-state index contributed by atoms with van der Waals surface area (Å²) in [5.74, 6) is 0. The predicted molar refractivity (Wildman–Crippen MR) is 78.9 cm³/mol. The van der Waals surface area contributed by atoms with E-state index in [9.17, 15) is 0 Å². The maximum Gasteiger partial charge on any atom is 0.0195 e. The molecule has 1 atom stereocenters. The molecule has 106 valence electrons. The van der Waals surface area contributed by atoms with Gasteiger partial charge < -0.3 is 10.2 Å². The molecule has 1 saturated carbocycles. The first-order valence-corrected chi connectivity index (χ1v) is 8.24. The number of nitrogens with one attached hydrogen (secondary N) is 1. The van der Waals surface area contributed by atoms with Gasteiger partial charge >= 0.3 is 0 Å². The van der Waals surface area contributed by atoms with E-state index >= 15 is 0 Å². The zero-order valence-corrected chi connectivity index (χ0v) is 12.5. The Morgan fingerprint density at radius 1 is 1.17 bits per heavy atom. The fraction of sp³-hybridized carbons (Fsp3) is 1.00. The van der Waals surface area contributed by atoms with Crippen molar-refractivity contribution in [3.8, 4) is 0 Å². The van der Waals surface area contributed by atoms with Crippen LogP contribution in [0, 0.1) is 5.41 Å². The standard InChI is InChI=1S/C16H32N2/c1-3-11-17-15-8-7-12-18(13-15)14-16(4-2)9-5-6-10-16/h15,17H,3-14H2,1-2H3. The summed E-state index contributed by atoms with van der Waals surface area (Å²) in [6, 6.07) is 0.758. The molecule has 2 rings (SSSR count). The van der Waals surface area contributed by atoms with Crippen LogP contribution in [0.15, 0.2) is 0 Å². The predicted octanol–water partition coefficient (Wildman–Crippen LogP) is 3.42. The van der Waals surface area contributed by atoms with E-state index in [2.05, 4.69) is 24.1 Å². The van der Waals surface area contributed by atoms with Crippen LogP contribution in [0.2, 0.25) is 0 Å². The third-order valence-electron chi connectivity index (χ3n) is 5.16. The Labute approximate surface area is 114 Å². The number of rotatable bonds is 6. The van der Waals surface area contributed by atoms with Crippen LogP contribution in [0.4, 0.5) is 0 Å². The Hall–Kier alpha value is -0.0800. The van der Waals surface area contributed by atoms with Crippen molar-refractivity contribution in [1.82, 2.24) is 10.2 Å². The largest absolute Gasteiger partial charge is 0.313 e. The van der Waals surface area contributed by atoms with E-state index in [-0.39, 0.29) is 0 Å². The Bertz CT molecular complexity index is 233. The quantitative estimate of drug-likeness (QED) is 0.779. The van der Waals surface area contributed by atoms with E-state index in [1.54, 1.807) is 0 Å². The molecule has 0 aromatic heterocycles. The van der Waals surface area contributed by atoms with Crippen molar-refractivity contribution in [1.29, 1.82) is 0 Å². The van der Waals surface area contributed by atoms with Gasteiger partial charge in [0.1, 0.15) is 0 Å². The molecule has 2 aliphatic rings. The number of piperidine rings is 1. The SMILES string of the molecule is CCCNC1CCCN(CC2(CC)CCCC2)C1. The molecule has 18 heavy (non-hydrogen) atoms. The van der Waals surface area contributed by atoms with E-state index < -0.39 is 0 Å². The summed E-state index contributed by atoms with van der Waals surface area (Å²) in [5, 5.41) is 3.72. The Morgan fingerprint density at radius 2 is 1.94 bits per heavy atom. The Balaban J connectivity index is 1.81. The van der Waals surface area contributed by atoms with E-state index in [1.165, 1.54) is 77.5 Å². The minimum absolute atomic E-state index is 0.673. The maximum atomic E-state index is 3.72. The number of nitrogens with zero attached hydrogens (tertiary/aromatic N) is 1. The number of hydrogen-bond donors (Lipinski definition) is 1. The van der Waals surface area contributed by atoms with Crippen molar-refractivity contribution in [2.45, 2.75) is 71.3 Å². The number of likely N-dealkylation sites (tertiary alicyclic amines) is 1. The van der Waals surface area contributed by atoms with Crippen LogP contribution < -0.4 is 5.32 Å². The Morgan fingerprint density at radius 3 is 2.61 bits per heavy atom. The summed E-state index contributed by atoms with van der Waals surface area (Å²) in [7, 11) is 0. The van der Waals surface area contributed by atoms with Gasteiger partial charge in [0.05, 0.1) is 0 Å². The third-order valence-corrected chi connectivity index (χ3v) is 5.16. The molecular weight excluding hydrogens is 220 g/mol. The lowest BCUT2D eigenvalue weighted by atomic mass is 9.82. The second-order valence-electron chi connectivity index (χ2n) is 6.59. The topological polar surface area (TPSA) is 15.3 Å². The molecule has 1 saturated heterocycles. The van der Waals surface area contributed by atoms with Crippen molar-refractivity contribution in [2.75, 3.05) is 26.2 Å². The molecule has 0 aromatic rings. The molecule has 0 aromatic carbocycles. The summed E-state index contributed by atoms with van der Waals surface area (Å²) in [6.07, 6.45) is 11.3. The van der Waals surface area contributed by atoms with Gasteiger partial charge in [0.2, 0.25) is 0 Å². The van der Waals surface area contributed by atoms with Gasteiger partial charge in [-0.15, -0.1) is 0 Å². The highest BCUT2D eigenvalue weighted by Crippen LogP contribution is 2.41. The maximum absolute atomic E-state index is 3.72. The van der Waals surface area contributed by atoms with Gasteiger partial charge in [0.25, 0.3) is 0 Å². The van der Waals surface area contributed by atoms with Gasteiger partial charge in [-0.1, -0.05) is 26.7 Å². The van der Waals surface area contributed by atoms with Crippen LogP contribution in [0.3, 0.4) is 0 Å². The first kappa shape index (κ1) is 14.3. The summed E-state index contributed by atoms with van der Waals surface area (Å²) < 4.78 is 0. The van der Waals surface area contributed by atoms with Crippen molar-refractivity contribution in [2.24, 2.45) is 5.41 Å². The van der Waals surface area contributed by atoms with E-state index in [1.807, 2.05) is 0 Å². The molecule has 2 heteroatoms. The summed E-state index contributed by atoms with van der Waals surface area (Å²) in [4.78, 5) is 2.76. The zero-order chi connectivity index (χ0) is 12.8. The molecule has 1 N–H and O–H groups in total. The van der Waals surface area contributed by atoms with Crippen LogP contribution in [-0.2, 0) is 0 Å². The molecule has 0 radical (unpaired) electrons. The van der Waals surface area contributed by atoms with Crippen molar-refractivity contribution >= 4 is 0 Å². The molecule has 1 aliphatic heterocycles. The molecule has 0 amide bonds. The number of hydrogen-bond acceptors (Lipinski definition) is 2. The van der Waals surface area contributed by atoms with E-state index in [4.69, 9.17) is 0 Å². The monoisotopic (exact) mass is 252 g/mol. The van der Waals surface area contributed by atoms with Gasteiger partial charge in [0.15, 0.2) is 0 Å². The lowest BCUT2D eigenvalue weighted by Crippen LogP contribution is -2.48. The average molecular weight is 252 g/mol. The van der Waals surface area contributed by atoms with Crippen LogP contribution in [0.1, 0.15) is 65.2 Å². The first-order chi connectivity index (χ1) is 8.78. The fourth-order valence-corrected chi connectivity index (χ4v) is 3.94. The van der Waals surface area contributed by atoms with Crippen molar-refractivity contribution in [3.05, 3.63) is 0 Å². The average Bonchev–Trinajstić information content (AvgIpc) is 2.86. The normalized spacial score (nSPS) is 28.7. The summed E-state index contributed by atoms with van der Waals surface area (Å²) >= 11 is 0. The van der Waals surface area contributed by atoms with Crippen molar-refractivity contribution in [3.63, 3.8) is 0 Å². The summed E-state index contributed by atoms with van der Waals surface area (Å²) in [6.45, 7) is 9.86. The highest BCUT2D eigenvalue weighted by molar-refractivity contribution is 4.89. The molecule has 2 fully saturated rings. The van der Waals surface area contributed by atoms with Gasteiger partial charge in [-0.2, -0.15) is 0 Å². The van der Waals surface area contributed by atoms with E-state index in [0.29, 0.717) is 5.41 Å². The lowest BCUT2D eigenvalue weighted by Gasteiger charge is -2.39. The molecule has 0 bridgehead atoms. The molecule has 1 unspecified atom stereocenters. The van der Waals surface area contributed by atoms with Crippen LogP contribution in [0.5, 0.6) is 0 Å². The van der Waals surface area contributed by atoms with Gasteiger partial charge in [-0.25, -0.2) is 0 Å². The molecular formula is C16H32N2. The van der Waals surface area contributed by atoms with Gasteiger partial charge in [0, 0.05) is 19.1 Å². The highest BCUT2D eigenvalue weighted by atomic mass is 15.2. The molecule has 2 nitrogen and oxygen atoms in total. The summed E-state index contributed by atoms with van der Waals surface area (Å²) in [5.41, 5.74) is 0.673. The third kappa shape index (κ3) is 3.71. The Kier molecular flexibility index (Phi) is 5.50. The molecule has 0 spiro atoms. The fourth-order valence-electron chi connectivity index (χ4n) is 3.94. The van der Waals surface area contributed by atoms with Crippen LogP contribution in [0.25, 0.3) is 0 Å². The first-order valence-electron chi connectivity index (χ1n) is 8.24. The second-order valence-corrected chi connectivity index (χ2v) is 6.59. The van der Waals surface area contributed by atoms with Crippen LogP contribution in [-0.4, -0.2) is 37.1 Å². The molecule has 1 aliphatic carbocycles. The zero-order valence-electron chi connectivity index (χ0n) is 12.5. The molecule has 1 heterocycles. The van der Waals surface area contributed by atoms with Crippen LogP contribution >= 0.6 is 0 Å². The minimum Gasteiger partial charge on any atom is -0.313 e. The highest BCUT2D eigenvalue weighted by Gasteiger charge is 2.34. The van der Waals surface area contributed by atoms with Gasteiger partial charge in [-0.05, 0) is 57.0 Å². The van der Waals surface area contributed by atoms with Gasteiger partial charge in [-0.3, -0.25) is 0 Å².